The number of amides is 2. The van der Waals surface area contributed by atoms with Crippen molar-refractivity contribution in [1.29, 1.82) is 0 Å². The van der Waals surface area contributed by atoms with Gasteiger partial charge in [0.25, 0.3) is 5.69 Å². The lowest BCUT2D eigenvalue weighted by Gasteiger charge is -2.38. The molecule has 0 radical (unpaired) electrons. The molecule has 3 rings (SSSR count). The van der Waals surface area contributed by atoms with Crippen molar-refractivity contribution in [2.45, 2.75) is 9.77 Å². The van der Waals surface area contributed by atoms with Crippen LogP contribution >= 0.6 is 23.4 Å². The number of nitrogens with one attached hydrogen (secondary N) is 1. The van der Waals surface area contributed by atoms with Crippen molar-refractivity contribution >= 4 is 41.3 Å². The first-order valence-corrected chi connectivity index (χ1v) is 9.14. The van der Waals surface area contributed by atoms with Crippen LogP contribution in [0.15, 0.2) is 52.5 Å². The predicted octanol–water partition coefficient (Wildman–Crippen LogP) is 3.59. The number of alkyl halides is 1. The quantitative estimate of drug-likeness (QED) is 0.348. The van der Waals surface area contributed by atoms with Gasteiger partial charge in [-0.3, -0.25) is 10.1 Å². The van der Waals surface area contributed by atoms with E-state index in [1.54, 1.807) is 12.1 Å². The van der Waals surface area contributed by atoms with Crippen LogP contribution in [0.1, 0.15) is 11.1 Å². The molecule has 7 nitrogen and oxygen atoms in total. The van der Waals surface area contributed by atoms with E-state index in [4.69, 9.17) is 17.3 Å². The summed E-state index contributed by atoms with van der Waals surface area (Å²) >= 11 is 8.43. The van der Waals surface area contributed by atoms with E-state index >= 15 is 0 Å². The molecule has 0 aromatic heterocycles. The van der Waals surface area contributed by atoms with Crippen LogP contribution in [0.4, 0.5) is 14.9 Å². The first kappa shape index (κ1) is 19.1. The number of nitrogens with two attached hydrogens (primary N) is 1. The molecule has 0 spiro atoms. The molecule has 10 heteroatoms. The third-order valence-corrected chi connectivity index (χ3v) is 6.07. The van der Waals surface area contributed by atoms with E-state index in [0.717, 1.165) is 4.90 Å². The van der Waals surface area contributed by atoms with Crippen molar-refractivity contribution in [3.63, 3.8) is 0 Å². The highest BCUT2D eigenvalue weighted by Crippen LogP contribution is 2.53. The topological polar surface area (TPSA) is 111 Å². The second-order valence-corrected chi connectivity index (χ2v) is 7.46. The molecule has 0 saturated heterocycles. The Kier molecular flexibility index (Phi) is 5.33. The maximum absolute atomic E-state index is 14.0. The standard InChI is InChI=1S/C17H14ClFN4O3S/c18-17(12-3-1-2-4-14(12)23(25)26)10(8-21-22-16(20)24)9-27-15-6-5-11(19)7-13(15)17/h1-8,10H,9H2,(H3,20,22,24). The van der Waals surface area contributed by atoms with Gasteiger partial charge in [0.15, 0.2) is 0 Å². The van der Waals surface area contributed by atoms with Gasteiger partial charge in [0, 0.05) is 28.8 Å². The minimum atomic E-state index is -1.45. The molecule has 140 valence electrons. The van der Waals surface area contributed by atoms with E-state index in [1.165, 1.54) is 48.3 Å². The normalized spacial score (nSPS) is 21.6. The smallest absolute Gasteiger partial charge is 0.332 e. The molecule has 2 aromatic carbocycles. The molecular weight excluding hydrogens is 395 g/mol. The summed E-state index contributed by atoms with van der Waals surface area (Å²) in [6.07, 6.45) is 1.37. The zero-order valence-corrected chi connectivity index (χ0v) is 15.3. The number of hydrogen-bond acceptors (Lipinski definition) is 5. The van der Waals surface area contributed by atoms with Crippen LogP contribution in [0, 0.1) is 21.8 Å². The van der Waals surface area contributed by atoms with Gasteiger partial charge in [-0.05, 0) is 29.8 Å². The fourth-order valence-electron chi connectivity index (χ4n) is 3.03. The summed E-state index contributed by atoms with van der Waals surface area (Å²) in [4.78, 5) is 21.2. The summed E-state index contributed by atoms with van der Waals surface area (Å²) in [7, 11) is 0. The summed E-state index contributed by atoms with van der Waals surface area (Å²) < 4.78 is 14.0. The van der Waals surface area contributed by atoms with Crippen LogP contribution in [-0.2, 0) is 4.87 Å². The second-order valence-electron chi connectivity index (χ2n) is 5.80. The van der Waals surface area contributed by atoms with Crippen molar-refractivity contribution in [3.05, 3.63) is 69.5 Å². The molecule has 27 heavy (non-hydrogen) atoms. The summed E-state index contributed by atoms with van der Waals surface area (Å²) in [5, 5.41) is 15.3. The molecule has 2 unspecified atom stereocenters. The first-order chi connectivity index (χ1) is 12.8. The lowest BCUT2D eigenvalue weighted by Crippen LogP contribution is -2.38. The van der Waals surface area contributed by atoms with Crippen molar-refractivity contribution in [2.75, 3.05) is 5.75 Å². The van der Waals surface area contributed by atoms with E-state index in [9.17, 15) is 19.3 Å². The van der Waals surface area contributed by atoms with Crippen molar-refractivity contribution in [2.24, 2.45) is 16.8 Å². The van der Waals surface area contributed by atoms with Crippen molar-refractivity contribution in [1.82, 2.24) is 5.43 Å². The van der Waals surface area contributed by atoms with Gasteiger partial charge in [-0.25, -0.2) is 14.6 Å². The Morgan fingerprint density at radius 1 is 1.41 bits per heavy atom. The third kappa shape index (κ3) is 3.60. The maximum Gasteiger partial charge on any atom is 0.332 e. The van der Waals surface area contributed by atoms with E-state index in [0.29, 0.717) is 11.3 Å². The average molecular weight is 409 g/mol. The number of primary amides is 1. The Bertz CT molecular complexity index is 942. The number of carbonyl (C=O) groups is 1. The summed E-state index contributed by atoms with van der Waals surface area (Å²) in [5.41, 5.74) is 7.54. The number of nitro groups is 1. The molecule has 0 bridgehead atoms. The van der Waals surface area contributed by atoms with E-state index in [2.05, 4.69) is 10.5 Å². The van der Waals surface area contributed by atoms with Gasteiger partial charge < -0.3 is 5.73 Å². The fraction of sp³-hybridized carbons (Fsp3) is 0.176. The minimum Gasteiger partial charge on any atom is -0.350 e. The molecule has 2 aromatic rings. The predicted molar refractivity (Wildman–Crippen MR) is 102 cm³/mol. The number of hydrazone groups is 1. The van der Waals surface area contributed by atoms with Gasteiger partial charge >= 0.3 is 6.03 Å². The number of benzene rings is 2. The number of nitrogens with zero attached hydrogens (tertiary/aromatic N) is 2. The number of halogens is 2. The molecule has 3 N–H and O–H groups in total. The Labute approximate surface area is 162 Å². The van der Waals surface area contributed by atoms with E-state index in [-0.39, 0.29) is 11.3 Å². The number of carbonyl (C=O) groups excluding carboxylic acids is 1. The number of nitro benzene ring substituents is 1. The Morgan fingerprint density at radius 2 is 2.15 bits per heavy atom. The highest BCUT2D eigenvalue weighted by atomic mass is 35.5. The third-order valence-electron chi connectivity index (χ3n) is 4.18. The van der Waals surface area contributed by atoms with Gasteiger partial charge in [-0.2, -0.15) is 5.10 Å². The summed E-state index contributed by atoms with van der Waals surface area (Å²) in [6.45, 7) is 0. The molecular formula is C17H14ClFN4O3S. The highest BCUT2D eigenvalue weighted by molar-refractivity contribution is 7.99. The number of fused-ring (bicyclic) bond motifs is 1. The SMILES string of the molecule is NC(=O)NN=CC1CSc2ccc(F)cc2C1(Cl)c1ccccc1[N+](=O)[O-]. The van der Waals surface area contributed by atoms with Crippen molar-refractivity contribution < 1.29 is 14.1 Å². The number of urea groups is 1. The van der Waals surface area contributed by atoms with Crippen molar-refractivity contribution in [3.8, 4) is 0 Å². The number of hydrogen-bond donors (Lipinski definition) is 2. The second kappa shape index (κ2) is 7.53. The van der Waals surface area contributed by atoms with E-state index in [1.807, 2.05) is 0 Å². The Hall–Kier alpha value is -2.65. The first-order valence-electron chi connectivity index (χ1n) is 7.78. The van der Waals surface area contributed by atoms with Crippen LogP contribution in [0.3, 0.4) is 0 Å². The maximum atomic E-state index is 14.0. The van der Waals surface area contributed by atoms with Crippen LogP contribution < -0.4 is 11.2 Å². The van der Waals surface area contributed by atoms with Gasteiger partial charge in [0.2, 0.25) is 0 Å². The summed E-state index contributed by atoms with van der Waals surface area (Å²) in [6, 6.07) is 9.36. The van der Waals surface area contributed by atoms with Crippen LogP contribution in [0.25, 0.3) is 0 Å². The molecule has 1 heterocycles. The molecule has 1 aliphatic rings. The van der Waals surface area contributed by atoms with E-state index < -0.39 is 27.6 Å². The average Bonchev–Trinajstić information content (AvgIpc) is 2.63. The zero-order valence-electron chi connectivity index (χ0n) is 13.8. The fourth-order valence-corrected chi connectivity index (χ4v) is 4.86. The van der Waals surface area contributed by atoms with Gasteiger partial charge in [-0.15, -0.1) is 23.4 Å². The largest absolute Gasteiger partial charge is 0.350 e. The molecule has 1 aliphatic heterocycles. The highest BCUT2D eigenvalue weighted by Gasteiger charge is 2.47. The molecule has 0 aliphatic carbocycles. The Balaban J connectivity index is 2.22. The van der Waals surface area contributed by atoms with Crippen LogP contribution in [0.5, 0.6) is 0 Å². The molecule has 2 amide bonds. The molecule has 0 saturated carbocycles. The Morgan fingerprint density at radius 3 is 2.85 bits per heavy atom. The number of rotatable bonds is 4. The number of para-hydroxylation sites is 1. The van der Waals surface area contributed by atoms with Crippen LogP contribution in [-0.4, -0.2) is 22.9 Å². The monoisotopic (exact) mass is 408 g/mol. The van der Waals surface area contributed by atoms with Gasteiger partial charge in [0.1, 0.15) is 10.7 Å². The zero-order chi connectivity index (χ0) is 19.6. The summed E-state index contributed by atoms with van der Waals surface area (Å²) in [5.74, 6) is -0.671. The lowest BCUT2D eigenvalue weighted by atomic mass is 9.79. The molecule has 0 fully saturated rings. The van der Waals surface area contributed by atoms with Gasteiger partial charge in [0.05, 0.1) is 10.5 Å². The van der Waals surface area contributed by atoms with Crippen LogP contribution in [0.2, 0.25) is 0 Å². The minimum absolute atomic E-state index is 0.184. The van der Waals surface area contributed by atoms with Gasteiger partial charge in [-0.1, -0.05) is 12.1 Å². The number of thioether (sulfide) groups is 1. The molecule has 2 atom stereocenters. The lowest BCUT2D eigenvalue weighted by molar-refractivity contribution is -0.385.